The molecule has 0 amide bonds. The van der Waals surface area contributed by atoms with Gasteiger partial charge in [0.15, 0.2) is 0 Å². The maximum Gasteiger partial charge on any atom is 0.0355 e. The Morgan fingerprint density at radius 2 is 2.07 bits per heavy atom. The molecule has 0 spiro atoms. The van der Waals surface area contributed by atoms with Crippen LogP contribution in [0.3, 0.4) is 0 Å². The Morgan fingerprint density at radius 1 is 1.40 bits per heavy atom. The molecule has 0 saturated carbocycles. The maximum absolute atomic E-state index is 5.60. The molecule has 0 aromatic heterocycles. The number of hydrogen-bond donors (Lipinski definition) is 2. The highest BCUT2D eigenvalue weighted by Crippen LogP contribution is 2.29. The molecular weight excluding hydrogens is 252 g/mol. The van der Waals surface area contributed by atoms with Crippen molar-refractivity contribution in [3.05, 3.63) is 34.3 Å². The molecule has 0 heterocycles. The minimum atomic E-state index is 0.365. The fourth-order valence-corrected chi connectivity index (χ4v) is 2.43. The molecule has 3 heteroatoms. The third-order valence-corrected chi connectivity index (χ3v) is 3.46. The fraction of sp³-hybridized carbons (Fsp3) is 0.500. The second-order valence-electron chi connectivity index (χ2n) is 3.84. The van der Waals surface area contributed by atoms with Crippen LogP contribution in [0.4, 0.5) is 0 Å². The first kappa shape index (κ1) is 12.7. The predicted octanol–water partition coefficient (Wildman–Crippen LogP) is 2.69. The lowest BCUT2D eigenvalue weighted by Gasteiger charge is -2.24. The van der Waals surface area contributed by atoms with Crippen molar-refractivity contribution in [2.24, 2.45) is 11.7 Å². The molecule has 0 fully saturated rings. The average Bonchev–Trinajstić information content (AvgIpc) is 2.22. The van der Waals surface area contributed by atoms with Gasteiger partial charge in [-0.3, -0.25) is 0 Å². The van der Waals surface area contributed by atoms with E-state index in [1.165, 1.54) is 5.56 Å². The first-order valence-electron chi connectivity index (χ1n) is 5.32. The van der Waals surface area contributed by atoms with Gasteiger partial charge in [-0.25, -0.2) is 0 Å². The number of rotatable bonds is 5. The molecule has 15 heavy (non-hydrogen) atoms. The zero-order chi connectivity index (χ0) is 11.3. The smallest absolute Gasteiger partial charge is 0.0355 e. The van der Waals surface area contributed by atoms with Crippen LogP contribution in [0.2, 0.25) is 0 Å². The summed E-state index contributed by atoms with van der Waals surface area (Å²) in [4.78, 5) is 0. The van der Waals surface area contributed by atoms with Crippen LogP contribution in [0, 0.1) is 5.92 Å². The van der Waals surface area contributed by atoms with Crippen LogP contribution in [0.5, 0.6) is 0 Å². The number of nitrogens with two attached hydrogens (primary N) is 1. The van der Waals surface area contributed by atoms with E-state index in [-0.39, 0.29) is 0 Å². The summed E-state index contributed by atoms with van der Waals surface area (Å²) in [5, 5.41) is 3.36. The lowest BCUT2D eigenvalue weighted by molar-refractivity contribution is 0.390. The second-order valence-corrected chi connectivity index (χ2v) is 4.70. The first-order chi connectivity index (χ1) is 7.20. The van der Waals surface area contributed by atoms with Crippen LogP contribution < -0.4 is 11.1 Å². The van der Waals surface area contributed by atoms with Crippen molar-refractivity contribution in [3.8, 4) is 0 Å². The van der Waals surface area contributed by atoms with Crippen LogP contribution in [0.25, 0.3) is 0 Å². The molecule has 1 rings (SSSR count). The highest BCUT2D eigenvalue weighted by atomic mass is 79.9. The third-order valence-electron chi connectivity index (χ3n) is 2.74. The summed E-state index contributed by atoms with van der Waals surface area (Å²) in [5.41, 5.74) is 6.91. The van der Waals surface area contributed by atoms with Crippen LogP contribution in [0.15, 0.2) is 28.7 Å². The van der Waals surface area contributed by atoms with Crippen LogP contribution in [-0.4, -0.2) is 13.6 Å². The van der Waals surface area contributed by atoms with Gasteiger partial charge in [0, 0.05) is 10.5 Å². The molecule has 2 nitrogen and oxygen atoms in total. The van der Waals surface area contributed by atoms with Crippen LogP contribution in [0.1, 0.15) is 24.9 Å². The quantitative estimate of drug-likeness (QED) is 0.864. The van der Waals surface area contributed by atoms with E-state index in [2.05, 4.69) is 46.4 Å². The zero-order valence-electron chi connectivity index (χ0n) is 9.33. The zero-order valence-corrected chi connectivity index (χ0v) is 10.9. The monoisotopic (exact) mass is 270 g/mol. The molecule has 0 aliphatic heterocycles. The normalized spacial score (nSPS) is 14.9. The molecule has 0 aliphatic carbocycles. The Balaban J connectivity index is 2.87. The molecule has 84 valence electrons. The molecule has 0 saturated heterocycles. The lowest BCUT2D eigenvalue weighted by atomic mass is 9.92. The van der Waals surface area contributed by atoms with E-state index >= 15 is 0 Å². The van der Waals surface area contributed by atoms with Gasteiger partial charge in [0.2, 0.25) is 0 Å². The van der Waals surface area contributed by atoms with Crippen molar-refractivity contribution in [2.45, 2.75) is 19.4 Å². The SMILES string of the molecule is CNC(c1ccccc1Br)C(C)CCN. The largest absolute Gasteiger partial charge is 0.330 e. The van der Waals surface area contributed by atoms with Gasteiger partial charge >= 0.3 is 0 Å². The van der Waals surface area contributed by atoms with Crippen molar-refractivity contribution in [2.75, 3.05) is 13.6 Å². The molecule has 0 radical (unpaired) electrons. The third kappa shape index (κ3) is 3.30. The topological polar surface area (TPSA) is 38.0 Å². The fourth-order valence-electron chi connectivity index (χ4n) is 1.90. The molecule has 1 aromatic carbocycles. The van der Waals surface area contributed by atoms with Crippen molar-refractivity contribution in [1.82, 2.24) is 5.32 Å². The molecule has 3 N–H and O–H groups in total. The highest BCUT2D eigenvalue weighted by molar-refractivity contribution is 9.10. The number of halogens is 1. The van der Waals surface area contributed by atoms with Crippen LogP contribution >= 0.6 is 15.9 Å². The van der Waals surface area contributed by atoms with Gasteiger partial charge in [0.25, 0.3) is 0 Å². The van der Waals surface area contributed by atoms with Crippen molar-refractivity contribution in [3.63, 3.8) is 0 Å². The van der Waals surface area contributed by atoms with Gasteiger partial charge in [-0.1, -0.05) is 41.1 Å². The average molecular weight is 271 g/mol. The molecule has 1 aromatic rings. The van der Waals surface area contributed by atoms with Crippen molar-refractivity contribution >= 4 is 15.9 Å². The molecule has 2 atom stereocenters. The highest BCUT2D eigenvalue weighted by Gasteiger charge is 2.18. The Hall–Kier alpha value is -0.380. The number of nitrogens with one attached hydrogen (secondary N) is 1. The summed E-state index contributed by atoms with van der Waals surface area (Å²) in [6, 6.07) is 8.70. The Kier molecular flexibility index (Phi) is 5.29. The Morgan fingerprint density at radius 3 is 2.60 bits per heavy atom. The summed E-state index contributed by atoms with van der Waals surface area (Å²) < 4.78 is 1.16. The second kappa shape index (κ2) is 6.26. The molecule has 0 aliphatic rings. The summed E-state index contributed by atoms with van der Waals surface area (Å²) in [6.45, 7) is 2.97. The number of benzene rings is 1. The van der Waals surface area contributed by atoms with E-state index in [0.29, 0.717) is 12.0 Å². The van der Waals surface area contributed by atoms with Gasteiger partial charge in [-0.2, -0.15) is 0 Å². The number of hydrogen-bond acceptors (Lipinski definition) is 2. The Bertz CT molecular complexity index is 301. The summed E-state index contributed by atoms with van der Waals surface area (Å²) >= 11 is 3.59. The van der Waals surface area contributed by atoms with Gasteiger partial charge in [0.1, 0.15) is 0 Å². The molecule has 0 bridgehead atoms. The Labute approximate surface area is 100 Å². The van der Waals surface area contributed by atoms with Gasteiger partial charge in [-0.15, -0.1) is 0 Å². The van der Waals surface area contributed by atoms with E-state index < -0.39 is 0 Å². The summed E-state index contributed by atoms with van der Waals surface area (Å²) in [7, 11) is 2.00. The lowest BCUT2D eigenvalue weighted by Crippen LogP contribution is -2.25. The minimum Gasteiger partial charge on any atom is -0.330 e. The standard InChI is InChI=1S/C12H19BrN2/c1-9(7-8-14)12(15-2)10-5-3-4-6-11(10)13/h3-6,9,12,15H,7-8,14H2,1-2H3. The molecule has 2 unspecified atom stereocenters. The predicted molar refractivity (Wildman–Crippen MR) is 68.8 cm³/mol. The van der Waals surface area contributed by atoms with Gasteiger partial charge < -0.3 is 11.1 Å². The summed E-state index contributed by atoms with van der Waals surface area (Å²) in [5.74, 6) is 0.540. The van der Waals surface area contributed by atoms with Crippen molar-refractivity contribution < 1.29 is 0 Å². The van der Waals surface area contributed by atoms with Crippen LogP contribution in [-0.2, 0) is 0 Å². The molecular formula is C12H19BrN2. The van der Waals surface area contributed by atoms with E-state index in [1.54, 1.807) is 0 Å². The first-order valence-corrected chi connectivity index (χ1v) is 6.11. The van der Waals surface area contributed by atoms with Crippen molar-refractivity contribution in [1.29, 1.82) is 0 Å². The van der Waals surface area contributed by atoms with Gasteiger partial charge in [-0.05, 0) is 37.6 Å². The van der Waals surface area contributed by atoms with E-state index in [9.17, 15) is 0 Å². The summed E-state index contributed by atoms with van der Waals surface area (Å²) in [6.07, 6.45) is 1.03. The van der Waals surface area contributed by atoms with E-state index in [0.717, 1.165) is 17.4 Å². The van der Waals surface area contributed by atoms with E-state index in [1.807, 2.05) is 13.1 Å². The maximum atomic E-state index is 5.60. The van der Waals surface area contributed by atoms with E-state index in [4.69, 9.17) is 5.73 Å². The van der Waals surface area contributed by atoms with Gasteiger partial charge in [0.05, 0.1) is 0 Å². The minimum absolute atomic E-state index is 0.365.